The van der Waals surface area contributed by atoms with Crippen molar-refractivity contribution in [2.75, 3.05) is 6.26 Å². The monoisotopic (exact) mass is 638 g/mol. The van der Waals surface area contributed by atoms with Gasteiger partial charge in [-0.15, -0.1) is 11.8 Å². The van der Waals surface area contributed by atoms with Crippen LogP contribution in [0.25, 0.3) is 6.08 Å². The van der Waals surface area contributed by atoms with Gasteiger partial charge in [-0.3, -0.25) is 9.36 Å². The van der Waals surface area contributed by atoms with Crippen molar-refractivity contribution < 1.29 is 14.3 Å². The highest BCUT2D eigenvalue weighted by molar-refractivity contribution is 7.98. The summed E-state index contributed by atoms with van der Waals surface area (Å²) < 4.78 is 13.6. The summed E-state index contributed by atoms with van der Waals surface area (Å²) in [7, 11) is 0. The minimum Gasteiger partial charge on any atom is -0.489 e. The van der Waals surface area contributed by atoms with Crippen molar-refractivity contribution in [3.05, 3.63) is 124 Å². The molecule has 0 radical (unpaired) electrons. The maximum absolute atomic E-state index is 13.9. The van der Waals surface area contributed by atoms with Crippen molar-refractivity contribution in [3.63, 3.8) is 0 Å². The Morgan fingerprint density at radius 2 is 1.81 bits per heavy atom. The molecule has 0 bridgehead atoms. The minimum atomic E-state index is -0.652. The Bertz CT molecular complexity index is 1840. The van der Waals surface area contributed by atoms with E-state index in [1.807, 2.05) is 66.9 Å². The van der Waals surface area contributed by atoms with Crippen LogP contribution >= 0.6 is 46.3 Å². The quantitative estimate of drug-likeness (QED) is 0.157. The van der Waals surface area contributed by atoms with Crippen LogP contribution in [-0.4, -0.2) is 22.9 Å². The lowest BCUT2D eigenvalue weighted by molar-refractivity contribution is -0.143. The Labute approximate surface area is 261 Å². The second kappa shape index (κ2) is 12.9. The summed E-state index contributed by atoms with van der Waals surface area (Å²) in [6.07, 6.45) is 3.52. The molecule has 0 fully saturated rings. The smallest absolute Gasteiger partial charge is 0.338 e. The largest absolute Gasteiger partial charge is 0.489 e. The molecule has 0 amide bonds. The molecule has 1 aliphatic heterocycles. The third-order valence-corrected chi connectivity index (χ3v) is 8.92. The van der Waals surface area contributed by atoms with Crippen LogP contribution in [0.1, 0.15) is 43.5 Å². The molecule has 216 valence electrons. The fourth-order valence-electron chi connectivity index (χ4n) is 4.57. The lowest BCUT2D eigenvalue weighted by atomic mass is 9.96. The zero-order valence-electron chi connectivity index (χ0n) is 23.4. The molecule has 0 saturated heterocycles. The first-order valence-corrected chi connectivity index (χ1v) is 16.0. The molecule has 0 saturated carbocycles. The summed E-state index contributed by atoms with van der Waals surface area (Å²) in [5.74, 6) is 0.187. The summed E-state index contributed by atoms with van der Waals surface area (Å²) in [5, 5.41) is 1.11. The number of carbonyl (C=O) groups excluding carboxylic acids is 1. The van der Waals surface area contributed by atoms with Crippen molar-refractivity contribution in [3.8, 4) is 5.75 Å². The zero-order chi connectivity index (χ0) is 30.0. The SMILES string of the molecule is CSc1ccc([C@H]2C(C(=O)OC(C)C)=C(C)N=c3s/c(=C\c4ccc(OCc5ccc(Cl)cc5Cl)cc4)c(=O)n32)cc1. The molecule has 0 aliphatic carbocycles. The molecule has 5 rings (SSSR count). The zero-order valence-corrected chi connectivity index (χ0v) is 26.5. The van der Waals surface area contributed by atoms with E-state index in [4.69, 9.17) is 32.7 Å². The highest BCUT2D eigenvalue weighted by atomic mass is 35.5. The number of benzene rings is 3. The van der Waals surface area contributed by atoms with E-state index in [2.05, 4.69) is 4.99 Å². The van der Waals surface area contributed by atoms with Gasteiger partial charge in [0.05, 0.1) is 27.9 Å². The van der Waals surface area contributed by atoms with E-state index >= 15 is 0 Å². The number of thiazole rings is 1. The van der Waals surface area contributed by atoms with Crippen LogP contribution in [0.4, 0.5) is 0 Å². The number of hydrogen-bond donors (Lipinski definition) is 0. The highest BCUT2D eigenvalue weighted by Crippen LogP contribution is 2.32. The number of halogens is 2. The maximum atomic E-state index is 13.9. The average molecular weight is 640 g/mol. The van der Waals surface area contributed by atoms with E-state index in [1.54, 1.807) is 49.2 Å². The van der Waals surface area contributed by atoms with Crippen molar-refractivity contribution in [1.29, 1.82) is 0 Å². The van der Waals surface area contributed by atoms with Crippen molar-refractivity contribution >= 4 is 58.3 Å². The van der Waals surface area contributed by atoms with Gasteiger partial charge in [0, 0.05) is 20.5 Å². The number of fused-ring (bicyclic) bond motifs is 1. The molecule has 0 N–H and O–H groups in total. The maximum Gasteiger partial charge on any atom is 0.338 e. The van der Waals surface area contributed by atoms with E-state index in [-0.39, 0.29) is 11.7 Å². The summed E-state index contributed by atoms with van der Waals surface area (Å²) in [5.41, 5.74) is 3.14. The number of carbonyl (C=O) groups is 1. The highest BCUT2D eigenvalue weighted by Gasteiger charge is 2.33. The molecule has 4 aromatic rings. The first-order chi connectivity index (χ1) is 20.1. The van der Waals surface area contributed by atoms with E-state index in [1.165, 1.54) is 11.3 Å². The Morgan fingerprint density at radius 1 is 1.10 bits per heavy atom. The summed E-state index contributed by atoms with van der Waals surface area (Å²) in [6.45, 7) is 5.68. The number of thioether (sulfide) groups is 1. The van der Waals surface area contributed by atoms with Crippen LogP contribution < -0.4 is 19.6 Å². The van der Waals surface area contributed by atoms with Crippen LogP contribution in [-0.2, 0) is 16.1 Å². The number of rotatable bonds is 8. The lowest BCUT2D eigenvalue weighted by Crippen LogP contribution is -2.40. The Morgan fingerprint density at radius 3 is 2.45 bits per heavy atom. The molecule has 1 aliphatic rings. The number of ether oxygens (including phenoxy) is 2. The Kier molecular flexibility index (Phi) is 9.28. The molecule has 42 heavy (non-hydrogen) atoms. The van der Waals surface area contributed by atoms with Crippen LogP contribution in [0, 0.1) is 0 Å². The number of allylic oxidation sites excluding steroid dienone is 1. The third-order valence-electron chi connectivity index (χ3n) is 6.60. The summed E-state index contributed by atoms with van der Waals surface area (Å²) in [6, 6.07) is 19.9. The van der Waals surface area contributed by atoms with E-state index < -0.39 is 12.0 Å². The van der Waals surface area contributed by atoms with Gasteiger partial charge >= 0.3 is 5.97 Å². The summed E-state index contributed by atoms with van der Waals surface area (Å²) in [4.78, 5) is 33.4. The van der Waals surface area contributed by atoms with Gasteiger partial charge in [-0.25, -0.2) is 9.79 Å². The lowest BCUT2D eigenvalue weighted by Gasteiger charge is -2.25. The van der Waals surface area contributed by atoms with E-state index in [0.717, 1.165) is 21.6 Å². The second-order valence-corrected chi connectivity index (χ2v) is 12.6. The van der Waals surface area contributed by atoms with Gasteiger partial charge in [-0.1, -0.05) is 64.9 Å². The molecular weight excluding hydrogens is 611 g/mol. The average Bonchev–Trinajstić information content (AvgIpc) is 3.26. The van der Waals surface area contributed by atoms with Crippen LogP contribution in [0.2, 0.25) is 10.0 Å². The van der Waals surface area contributed by atoms with Gasteiger partial charge in [-0.05, 0) is 80.6 Å². The second-order valence-electron chi connectivity index (χ2n) is 9.90. The number of nitrogens with zero attached hydrogens (tertiary/aromatic N) is 2. The van der Waals surface area contributed by atoms with Gasteiger partial charge in [0.15, 0.2) is 4.80 Å². The molecule has 0 spiro atoms. The molecule has 10 heteroatoms. The Hall–Kier alpha value is -3.30. The topological polar surface area (TPSA) is 69.9 Å². The van der Waals surface area contributed by atoms with Gasteiger partial charge < -0.3 is 9.47 Å². The third kappa shape index (κ3) is 6.52. The Balaban J connectivity index is 1.49. The molecule has 2 heterocycles. The number of hydrogen-bond acceptors (Lipinski definition) is 7. The fourth-order valence-corrected chi connectivity index (χ4v) is 6.49. The standard InChI is InChI=1S/C32H28Cl2N2O4S2/c1-18(2)40-31(38)28-19(3)35-32-36(29(28)21-8-13-25(41-4)14-9-21)30(37)27(42-32)15-20-5-11-24(12-6-20)39-17-22-7-10-23(33)16-26(22)34/h5-16,18,29H,17H2,1-4H3/b27-15-/t29-/m0/s1. The van der Waals surface area contributed by atoms with Gasteiger partial charge in [0.1, 0.15) is 12.4 Å². The minimum absolute atomic E-state index is 0.224. The molecule has 1 atom stereocenters. The molecule has 0 unspecified atom stereocenters. The molecule has 1 aromatic heterocycles. The van der Waals surface area contributed by atoms with Gasteiger partial charge in [0.2, 0.25) is 0 Å². The first kappa shape index (κ1) is 30.2. The van der Waals surface area contributed by atoms with Crippen molar-refractivity contribution in [1.82, 2.24) is 4.57 Å². The van der Waals surface area contributed by atoms with Crippen LogP contribution in [0.5, 0.6) is 5.75 Å². The van der Waals surface area contributed by atoms with Crippen molar-refractivity contribution in [2.24, 2.45) is 4.99 Å². The number of esters is 1. The normalized spacial score (nSPS) is 15.0. The van der Waals surface area contributed by atoms with Crippen molar-refractivity contribution in [2.45, 2.75) is 44.4 Å². The van der Waals surface area contributed by atoms with E-state index in [9.17, 15) is 9.59 Å². The predicted octanol–water partition coefficient (Wildman–Crippen LogP) is 6.79. The molecule has 6 nitrogen and oxygen atoms in total. The predicted molar refractivity (Wildman–Crippen MR) is 170 cm³/mol. The molecule has 3 aromatic carbocycles. The molecular formula is C32H28Cl2N2O4S2. The van der Waals surface area contributed by atoms with Crippen LogP contribution in [0.15, 0.2) is 92.7 Å². The van der Waals surface area contributed by atoms with Gasteiger partial charge in [0.25, 0.3) is 5.56 Å². The fraction of sp³-hybridized carbons (Fsp3) is 0.219. The van der Waals surface area contributed by atoms with Crippen LogP contribution in [0.3, 0.4) is 0 Å². The summed E-state index contributed by atoms with van der Waals surface area (Å²) >= 11 is 15.1. The van der Waals surface area contributed by atoms with E-state index in [0.29, 0.717) is 43.0 Å². The number of aromatic nitrogens is 1. The first-order valence-electron chi connectivity index (χ1n) is 13.2. The van der Waals surface area contributed by atoms with Gasteiger partial charge in [-0.2, -0.15) is 0 Å².